The zero-order valence-electron chi connectivity index (χ0n) is 17.5. The number of unbranched alkanes of at least 4 members (excludes halogenated alkanes) is 1. The molecule has 2 aromatic rings. The summed E-state index contributed by atoms with van der Waals surface area (Å²) in [6.45, 7) is 5.40. The number of aryl methyl sites for hydroxylation is 1. The van der Waals surface area contributed by atoms with Crippen molar-refractivity contribution in [1.29, 1.82) is 0 Å². The van der Waals surface area contributed by atoms with Crippen LogP contribution in [-0.4, -0.2) is 59.4 Å². The average molecular weight is 408 g/mol. The van der Waals surface area contributed by atoms with Gasteiger partial charge in [0.15, 0.2) is 0 Å². The molecule has 2 amide bonds. The third kappa shape index (κ3) is 4.45. The molecule has 30 heavy (non-hydrogen) atoms. The highest BCUT2D eigenvalue weighted by Crippen LogP contribution is 2.27. The van der Waals surface area contributed by atoms with E-state index in [1.807, 2.05) is 17.0 Å². The van der Waals surface area contributed by atoms with Gasteiger partial charge in [-0.15, -0.1) is 0 Å². The fourth-order valence-corrected chi connectivity index (χ4v) is 4.21. The van der Waals surface area contributed by atoms with E-state index in [1.165, 1.54) is 18.4 Å². The molecule has 2 aliphatic heterocycles. The van der Waals surface area contributed by atoms with E-state index in [2.05, 4.69) is 33.9 Å². The van der Waals surface area contributed by atoms with Crippen molar-refractivity contribution in [2.24, 2.45) is 5.92 Å². The molecule has 0 saturated carbocycles. The van der Waals surface area contributed by atoms with Crippen LogP contribution in [0.25, 0.3) is 0 Å². The van der Waals surface area contributed by atoms with E-state index < -0.39 is 0 Å². The first-order valence-electron chi connectivity index (χ1n) is 10.8. The lowest BCUT2D eigenvalue weighted by atomic mass is 10.1. The van der Waals surface area contributed by atoms with Crippen LogP contribution in [0.2, 0.25) is 0 Å². The minimum Gasteiger partial charge on any atom is -0.352 e. The van der Waals surface area contributed by atoms with Gasteiger partial charge in [0.25, 0.3) is 0 Å². The molecule has 0 bridgehead atoms. The minimum absolute atomic E-state index is 0.0351. The first-order chi connectivity index (χ1) is 14.7. The third-order valence-electron chi connectivity index (χ3n) is 6.01. The molecular weight excluding hydrogens is 378 g/mol. The van der Waals surface area contributed by atoms with E-state index in [0.29, 0.717) is 26.1 Å². The lowest BCUT2D eigenvalue weighted by molar-refractivity contribution is -0.136. The predicted molar refractivity (Wildman–Crippen MR) is 116 cm³/mol. The van der Waals surface area contributed by atoms with Crippen LogP contribution in [0.5, 0.6) is 0 Å². The number of benzene rings is 1. The van der Waals surface area contributed by atoms with Gasteiger partial charge in [-0.25, -0.2) is 4.98 Å². The van der Waals surface area contributed by atoms with Crippen LogP contribution in [-0.2, 0) is 16.0 Å². The molecule has 0 aliphatic carbocycles. The summed E-state index contributed by atoms with van der Waals surface area (Å²) < 4.78 is 0. The Morgan fingerprint density at radius 3 is 2.53 bits per heavy atom. The monoisotopic (exact) mass is 407 g/mol. The molecule has 1 atom stereocenters. The molecule has 0 spiro atoms. The molecule has 3 heterocycles. The van der Waals surface area contributed by atoms with Gasteiger partial charge in [0, 0.05) is 57.2 Å². The first kappa shape index (κ1) is 20.3. The van der Waals surface area contributed by atoms with Crippen molar-refractivity contribution in [3.05, 3.63) is 48.4 Å². The third-order valence-corrected chi connectivity index (χ3v) is 6.01. The van der Waals surface area contributed by atoms with Crippen molar-refractivity contribution in [1.82, 2.24) is 14.9 Å². The van der Waals surface area contributed by atoms with Crippen LogP contribution in [0.1, 0.15) is 31.7 Å². The van der Waals surface area contributed by atoms with E-state index >= 15 is 0 Å². The van der Waals surface area contributed by atoms with Gasteiger partial charge in [0.2, 0.25) is 11.8 Å². The van der Waals surface area contributed by atoms with E-state index in [0.717, 1.165) is 31.0 Å². The van der Waals surface area contributed by atoms with Gasteiger partial charge in [-0.3, -0.25) is 14.6 Å². The largest absolute Gasteiger partial charge is 0.352 e. The highest BCUT2D eigenvalue weighted by atomic mass is 16.2. The number of nitrogens with zero attached hydrogens (tertiary/aromatic N) is 5. The van der Waals surface area contributed by atoms with Gasteiger partial charge in [-0.2, -0.15) is 0 Å². The molecular formula is C23H29N5O2. The van der Waals surface area contributed by atoms with Crippen molar-refractivity contribution in [2.45, 2.75) is 32.6 Å². The van der Waals surface area contributed by atoms with Gasteiger partial charge >= 0.3 is 0 Å². The van der Waals surface area contributed by atoms with Crippen LogP contribution >= 0.6 is 0 Å². The Morgan fingerprint density at radius 2 is 1.87 bits per heavy atom. The number of hydrogen-bond donors (Lipinski definition) is 0. The van der Waals surface area contributed by atoms with Gasteiger partial charge < -0.3 is 14.7 Å². The number of aromatic nitrogens is 2. The highest BCUT2D eigenvalue weighted by molar-refractivity contribution is 6.00. The van der Waals surface area contributed by atoms with Gasteiger partial charge in [-0.05, 0) is 30.5 Å². The molecule has 2 aliphatic rings. The maximum absolute atomic E-state index is 13.0. The predicted octanol–water partition coefficient (Wildman–Crippen LogP) is 2.52. The summed E-state index contributed by atoms with van der Waals surface area (Å²) >= 11 is 0. The van der Waals surface area contributed by atoms with Gasteiger partial charge in [0.1, 0.15) is 5.82 Å². The summed E-state index contributed by atoms with van der Waals surface area (Å²) in [5, 5.41) is 0. The number of anilines is 2. The zero-order valence-corrected chi connectivity index (χ0v) is 17.5. The molecule has 2 saturated heterocycles. The molecule has 158 valence electrons. The zero-order chi connectivity index (χ0) is 20.9. The Labute approximate surface area is 177 Å². The number of amides is 2. The van der Waals surface area contributed by atoms with E-state index in [-0.39, 0.29) is 17.7 Å². The SMILES string of the molecule is CCCCc1ccc(N2CC(C(=O)N3CCN(c4cnccn4)CC3)CC2=O)cc1. The Kier molecular flexibility index (Phi) is 6.26. The topological polar surface area (TPSA) is 69.6 Å². The average Bonchev–Trinajstić information content (AvgIpc) is 3.20. The smallest absolute Gasteiger partial charge is 0.228 e. The van der Waals surface area contributed by atoms with Crippen LogP contribution in [0, 0.1) is 5.92 Å². The second kappa shape index (κ2) is 9.24. The molecule has 0 radical (unpaired) electrons. The second-order valence-electron chi connectivity index (χ2n) is 8.05. The minimum atomic E-state index is -0.264. The van der Waals surface area contributed by atoms with Crippen molar-refractivity contribution in [3.8, 4) is 0 Å². The standard InChI is InChI=1S/C23H29N5O2/c1-2-3-4-18-5-7-20(8-6-18)28-17-19(15-22(28)29)23(30)27-13-11-26(12-14-27)21-16-24-9-10-25-21/h5-10,16,19H,2-4,11-15,17H2,1H3. The van der Waals surface area contributed by atoms with E-state index in [4.69, 9.17) is 0 Å². The first-order valence-corrected chi connectivity index (χ1v) is 10.8. The van der Waals surface area contributed by atoms with Crippen molar-refractivity contribution in [2.75, 3.05) is 42.5 Å². The van der Waals surface area contributed by atoms with E-state index in [1.54, 1.807) is 23.5 Å². The summed E-state index contributed by atoms with van der Waals surface area (Å²) in [6.07, 6.45) is 8.78. The number of rotatable bonds is 6. The molecule has 7 nitrogen and oxygen atoms in total. The molecule has 1 unspecified atom stereocenters. The Balaban J connectivity index is 1.33. The second-order valence-corrected chi connectivity index (χ2v) is 8.05. The number of carbonyl (C=O) groups is 2. The van der Waals surface area contributed by atoms with Crippen LogP contribution < -0.4 is 9.80 Å². The normalized spacial score (nSPS) is 19.4. The van der Waals surface area contributed by atoms with E-state index in [9.17, 15) is 9.59 Å². The van der Waals surface area contributed by atoms with Gasteiger partial charge in [-0.1, -0.05) is 25.5 Å². The number of hydrogen-bond acceptors (Lipinski definition) is 5. The molecule has 4 rings (SSSR count). The lowest BCUT2D eigenvalue weighted by Crippen LogP contribution is -2.51. The van der Waals surface area contributed by atoms with Crippen LogP contribution in [0.15, 0.2) is 42.9 Å². The quantitative estimate of drug-likeness (QED) is 0.736. The molecule has 7 heteroatoms. The Hall–Kier alpha value is -2.96. The fraction of sp³-hybridized carbons (Fsp3) is 0.478. The lowest BCUT2D eigenvalue weighted by Gasteiger charge is -2.36. The number of carbonyl (C=O) groups excluding carboxylic acids is 2. The Bertz CT molecular complexity index is 863. The molecule has 1 aromatic carbocycles. The maximum atomic E-state index is 13.0. The van der Waals surface area contributed by atoms with Crippen LogP contribution in [0.3, 0.4) is 0 Å². The van der Waals surface area contributed by atoms with Crippen molar-refractivity contribution >= 4 is 23.3 Å². The maximum Gasteiger partial charge on any atom is 0.228 e. The van der Waals surface area contributed by atoms with Gasteiger partial charge in [0.05, 0.1) is 12.1 Å². The van der Waals surface area contributed by atoms with Crippen LogP contribution in [0.4, 0.5) is 11.5 Å². The summed E-state index contributed by atoms with van der Waals surface area (Å²) in [5.41, 5.74) is 2.18. The molecule has 1 aromatic heterocycles. The fourth-order valence-electron chi connectivity index (χ4n) is 4.21. The Morgan fingerprint density at radius 1 is 1.10 bits per heavy atom. The summed E-state index contributed by atoms with van der Waals surface area (Å²) in [5.74, 6) is 0.701. The molecule has 2 fully saturated rings. The van der Waals surface area contributed by atoms with Crippen molar-refractivity contribution < 1.29 is 9.59 Å². The highest BCUT2D eigenvalue weighted by Gasteiger charge is 2.38. The summed E-state index contributed by atoms with van der Waals surface area (Å²) in [7, 11) is 0. The van der Waals surface area contributed by atoms with Crippen molar-refractivity contribution in [3.63, 3.8) is 0 Å². The summed E-state index contributed by atoms with van der Waals surface area (Å²) in [4.78, 5) is 39.9. The number of piperazine rings is 1. The molecule has 0 N–H and O–H groups in total. The summed E-state index contributed by atoms with van der Waals surface area (Å²) in [6, 6.07) is 8.21.